The van der Waals surface area contributed by atoms with Gasteiger partial charge in [0, 0.05) is 13.0 Å². The Labute approximate surface area is 328 Å². The van der Waals surface area contributed by atoms with E-state index in [4.69, 9.17) is 38.3 Å². The van der Waals surface area contributed by atoms with Crippen LogP contribution in [0.1, 0.15) is 129 Å². The normalized spacial score (nSPS) is 12.1. The first-order chi connectivity index (χ1) is 26.5. The first kappa shape index (κ1) is 52.6. The lowest BCUT2D eigenvalue weighted by Gasteiger charge is -2.14. The van der Waals surface area contributed by atoms with Gasteiger partial charge in [-0.25, -0.2) is 0 Å². The highest BCUT2D eigenvalue weighted by Gasteiger charge is 2.17. The Bertz CT molecular complexity index is 779. The van der Waals surface area contributed by atoms with Crippen LogP contribution in [0.2, 0.25) is 0 Å². The SMILES string of the molecule is CC(C)CCCCCCCCCCCCCCCCCNC(CCC(=O)NCCOCCOCCOCCOCCOCCOCCOCCO)C(=O)O. The van der Waals surface area contributed by atoms with Crippen molar-refractivity contribution in [1.29, 1.82) is 0 Å². The Kier molecular flexibility index (Phi) is 43.1. The van der Waals surface area contributed by atoms with E-state index in [2.05, 4.69) is 24.5 Å². The minimum Gasteiger partial charge on any atom is -0.480 e. The molecule has 0 heterocycles. The van der Waals surface area contributed by atoms with Gasteiger partial charge < -0.3 is 54.0 Å². The molecule has 0 aliphatic carbocycles. The maximum atomic E-state index is 12.2. The first-order valence-corrected chi connectivity index (χ1v) is 21.3. The second-order valence-electron chi connectivity index (χ2n) is 14.2. The number of carbonyl (C=O) groups excluding carboxylic acids is 1. The van der Waals surface area contributed by atoms with E-state index in [1.165, 1.54) is 89.9 Å². The van der Waals surface area contributed by atoms with Crippen LogP contribution in [-0.2, 0) is 42.7 Å². The molecule has 0 aliphatic rings. The molecule has 0 aromatic carbocycles. The Morgan fingerprint density at radius 1 is 0.463 bits per heavy atom. The molecule has 0 rings (SSSR count). The Hall–Kier alpha value is -1.42. The number of carbonyl (C=O) groups is 2. The van der Waals surface area contributed by atoms with Crippen LogP contribution in [0, 0.1) is 5.92 Å². The number of aliphatic hydroxyl groups is 1. The maximum Gasteiger partial charge on any atom is 0.320 e. The van der Waals surface area contributed by atoms with E-state index in [0.29, 0.717) is 106 Å². The summed E-state index contributed by atoms with van der Waals surface area (Å²) in [6.07, 6.45) is 21.4. The van der Waals surface area contributed by atoms with Crippen molar-refractivity contribution in [2.45, 2.75) is 135 Å². The maximum absolute atomic E-state index is 12.2. The lowest BCUT2D eigenvalue weighted by atomic mass is 10.0. The summed E-state index contributed by atoms with van der Waals surface area (Å²) in [7, 11) is 0. The number of aliphatic hydroxyl groups excluding tert-OH is 1. The first-order valence-electron chi connectivity index (χ1n) is 21.3. The lowest BCUT2D eigenvalue weighted by Crippen LogP contribution is -2.38. The number of carboxylic acid groups (broad SMARTS) is 1. The second kappa shape index (κ2) is 44.3. The third-order valence-corrected chi connectivity index (χ3v) is 8.84. The third kappa shape index (κ3) is 43.3. The second-order valence-corrected chi connectivity index (χ2v) is 14.2. The van der Waals surface area contributed by atoms with Crippen LogP contribution in [-0.4, -0.2) is 140 Å². The summed E-state index contributed by atoms with van der Waals surface area (Å²) < 4.78 is 37.7. The smallest absolute Gasteiger partial charge is 0.320 e. The molecule has 0 saturated heterocycles. The molecule has 13 heteroatoms. The molecule has 54 heavy (non-hydrogen) atoms. The molecular formula is C41H82N2O11. The molecular weight excluding hydrogens is 696 g/mol. The van der Waals surface area contributed by atoms with Gasteiger partial charge in [0.15, 0.2) is 0 Å². The molecule has 0 aromatic heterocycles. The van der Waals surface area contributed by atoms with Crippen molar-refractivity contribution in [3.63, 3.8) is 0 Å². The highest BCUT2D eigenvalue weighted by atomic mass is 16.6. The zero-order chi connectivity index (χ0) is 39.4. The molecule has 0 aromatic rings. The van der Waals surface area contributed by atoms with Crippen LogP contribution >= 0.6 is 0 Å². The van der Waals surface area contributed by atoms with Crippen molar-refractivity contribution in [3.8, 4) is 0 Å². The highest BCUT2D eigenvalue weighted by Crippen LogP contribution is 2.15. The molecule has 1 amide bonds. The average Bonchev–Trinajstić information content (AvgIpc) is 3.15. The van der Waals surface area contributed by atoms with Gasteiger partial charge in [-0.05, 0) is 25.3 Å². The number of aliphatic carboxylic acids is 1. The van der Waals surface area contributed by atoms with E-state index < -0.39 is 12.0 Å². The van der Waals surface area contributed by atoms with Crippen molar-refractivity contribution in [1.82, 2.24) is 10.6 Å². The number of rotatable bonds is 46. The van der Waals surface area contributed by atoms with Crippen LogP contribution in [0.15, 0.2) is 0 Å². The number of amides is 1. The average molecular weight is 779 g/mol. The van der Waals surface area contributed by atoms with Crippen LogP contribution in [0.5, 0.6) is 0 Å². The summed E-state index contributed by atoms with van der Waals surface area (Å²) in [4.78, 5) is 23.8. The number of nitrogens with one attached hydrogen (secondary N) is 2. The van der Waals surface area contributed by atoms with E-state index in [1.54, 1.807) is 0 Å². The fraction of sp³-hybridized carbons (Fsp3) is 0.951. The Morgan fingerprint density at radius 2 is 0.815 bits per heavy atom. The number of hydrogen-bond donors (Lipinski definition) is 4. The monoisotopic (exact) mass is 779 g/mol. The zero-order valence-electron chi connectivity index (χ0n) is 34.5. The topological polar surface area (TPSA) is 163 Å². The summed E-state index contributed by atoms with van der Waals surface area (Å²) in [5, 5.41) is 24.0. The summed E-state index contributed by atoms with van der Waals surface area (Å²) in [5.41, 5.74) is 0. The van der Waals surface area contributed by atoms with E-state index >= 15 is 0 Å². The summed E-state index contributed by atoms with van der Waals surface area (Å²) in [6.45, 7) is 11.9. The van der Waals surface area contributed by atoms with Gasteiger partial charge in [-0.1, -0.05) is 110 Å². The van der Waals surface area contributed by atoms with Crippen molar-refractivity contribution in [3.05, 3.63) is 0 Å². The quantitative estimate of drug-likeness (QED) is 0.0540. The standard InChI is InChI=1S/C41H82N2O11/c1-38(2)18-16-14-12-10-8-6-4-3-5-7-9-11-13-15-17-21-42-39(41(46)47)19-20-40(45)43-22-24-48-26-28-50-30-32-52-34-36-54-37-35-53-33-31-51-29-27-49-25-23-44/h38-39,42,44H,3-37H2,1-2H3,(H,43,45)(H,46,47). The molecule has 1 unspecified atom stereocenters. The van der Waals surface area contributed by atoms with Gasteiger partial charge in [-0.3, -0.25) is 9.59 Å². The van der Waals surface area contributed by atoms with E-state index in [-0.39, 0.29) is 25.4 Å². The van der Waals surface area contributed by atoms with Gasteiger partial charge in [-0.15, -0.1) is 0 Å². The molecule has 0 saturated carbocycles. The molecule has 1 atom stereocenters. The number of ether oxygens (including phenoxy) is 7. The van der Waals surface area contributed by atoms with Crippen molar-refractivity contribution in [2.75, 3.05) is 112 Å². The van der Waals surface area contributed by atoms with Gasteiger partial charge in [0.2, 0.25) is 5.91 Å². The molecule has 13 nitrogen and oxygen atoms in total. The fourth-order valence-corrected chi connectivity index (χ4v) is 5.68. The predicted octanol–water partition coefficient (Wildman–Crippen LogP) is 5.93. The van der Waals surface area contributed by atoms with E-state index in [1.807, 2.05) is 0 Å². The lowest BCUT2D eigenvalue weighted by molar-refractivity contribution is -0.139. The number of unbranched alkanes of at least 4 members (excludes halogenated alkanes) is 14. The summed E-state index contributed by atoms with van der Waals surface area (Å²) >= 11 is 0. The molecule has 322 valence electrons. The third-order valence-electron chi connectivity index (χ3n) is 8.84. The molecule has 4 N–H and O–H groups in total. The Balaban J connectivity index is 3.42. The van der Waals surface area contributed by atoms with Gasteiger partial charge in [0.25, 0.3) is 0 Å². The van der Waals surface area contributed by atoms with Gasteiger partial charge in [0.05, 0.1) is 99.1 Å². The number of hydrogen-bond acceptors (Lipinski definition) is 11. The highest BCUT2D eigenvalue weighted by molar-refractivity contribution is 5.78. The molecule has 0 spiro atoms. The van der Waals surface area contributed by atoms with Crippen LogP contribution < -0.4 is 10.6 Å². The molecule has 0 bridgehead atoms. The van der Waals surface area contributed by atoms with Gasteiger partial charge in [-0.2, -0.15) is 0 Å². The molecule has 0 fully saturated rings. The van der Waals surface area contributed by atoms with Crippen LogP contribution in [0.3, 0.4) is 0 Å². The summed E-state index contributed by atoms with van der Waals surface area (Å²) in [6, 6.07) is -0.711. The minimum atomic E-state index is -0.912. The largest absolute Gasteiger partial charge is 0.480 e. The van der Waals surface area contributed by atoms with Gasteiger partial charge >= 0.3 is 5.97 Å². The predicted molar refractivity (Wildman–Crippen MR) is 213 cm³/mol. The molecule has 0 aliphatic heterocycles. The number of carboxylic acids is 1. The fourth-order valence-electron chi connectivity index (χ4n) is 5.68. The minimum absolute atomic E-state index is 0.0163. The van der Waals surface area contributed by atoms with Crippen LogP contribution in [0.25, 0.3) is 0 Å². The molecule has 0 radical (unpaired) electrons. The van der Waals surface area contributed by atoms with Crippen molar-refractivity contribution >= 4 is 11.9 Å². The van der Waals surface area contributed by atoms with E-state index in [9.17, 15) is 14.7 Å². The van der Waals surface area contributed by atoms with Crippen molar-refractivity contribution in [2.24, 2.45) is 5.92 Å². The zero-order valence-corrected chi connectivity index (χ0v) is 34.5. The van der Waals surface area contributed by atoms with Gasteiger partial charge in [0.1, 0.15) is 6.04 Å². The Morgan fingerprint density at radius 3 is 1.19 bits per heavy atom. The van der Waals surface area contributed by atoms with E-state index in [0.717, 1.165) is 18.8 Å². The van der Waals surface area contributed by atoms with Crippen molar-refractivity contribution < 1.29 is 53.0 Å². The van der Waals surface area contributed by atoms with Crippen LogP contribution in [0.4, 0.5) is 0 Å². The summed E-state index contributed by atoms with van der Waals surface area (Å²) in [5.74, 6) is -0.241.